The Morgan fingerprint density at radius 3 is 2.83 bits per heavy atom. The molecular weight excluding hydrogens is 362 g/mol. The SMILES string of the molecule is Cc1ncc(-c2cccc(N)c2)cc1C(=O)c1cccc(N2CCCNCC2)n1.[HH].[HH].[HH].[HH]. The highest BCUT2D eigenvalue weighted by atomic mass is 16.1. The van der Waals surface area contributed by atoms with Crippen molar-refractivity contribution in [1.82, 2.24) is 15.3 Å². The Morgan fingerprint density at radius 1 is 1.10 bits per heavy atom. The molecule has 0 unspecified atom stereocenters. The summed E-state index contributed by atoms with van der Waals surface area (Å²) in [6.07, 6.45) is 2.83. The van der Waals surface area contributed by atoms with Crippen LogP contribution in [-0.4, -0.2) is 41.9 Å². The second-order valence-corrected chi connectivity index (χ2v) is 7.28. The lowest BCUT2D eigenvalue weighted by Crippen LogP contribution is -2.29. The van der Waals surface area contributed by atoms with Crippen LogP contribution in [0.5, 0.6) is 0 Å². The topological polar surface area (TPSA) is 84.1 Å². The van der Waals surface area contributed by atoms with E-state index in [9.17, 15) is 4.79 Å². The molecule has 3 heterocycles. The molecule has 1 saturated heterocycles. The fourth-order valence-electron chi connectivity index (χ4n) is 3.58. The van der Waals surface area contributed by atoms with Crippen molar-refractivity contribution in [3.63, 3.8) is 0 Å². The van der Waals surface area contributed by atoms with Crippen LogP contribution in [0.4, 0.5) is 11.5 Å². The molecule has 0 aliphatic carbocycles. The number of hydrogen-bond donors (Lipinski definition) is 2. The Morgan fingerprint density at radius 2 is 1.97 bits per heavy atom. The van der Waals surface area contributed by atoms with Crippen LogP contribution in [0.15, 0.2) is 54.7 Å². The van der Waals surface area contributed by atoms with E-state index in [1.54, 1.807) is 12.3 Å². The number of anilines is 2. The molecule has 29 heavy (non-hydrogen) atoms. The molecule has 3 aromatic rings. The number of carbonyl (C=O) groups is 1. The minimum Gasteiger partial charge on any atom is -0.399 e. The van der Waals surface area contributed by atoms with Crippen molar-refractivity contribution < 1.29 is 10.5 Å². The maximum Gasteiger partial charge on any atom is 0.213 e. The summed E-state index contributed by atoms with van der Waals surface area (Å²) >= 11 is 0. The largest absolute Gasteiger partial charge is 0.399 e. The van der Waals surface area contributed by atoms with Gasteiger partial charge in [-0.05, 0) is 55.8 Å². The van der Waals surface area contributed by atoms with Gasteiger partial charge in [-0.15, -0.1) is 0 Å². The second kappa shape index (κ2) is 8.41. The average Bonchev–Trinajstić information content (AvgIpc) is 3.03. The highest BCUT2D eigenvalue weighted by molar-refractivity contribution is 6.09. The number of nitrogens with two attached hydrogens (primary N) is 1. The minimum absolute atomic E-state index is 0. The van der Waals surface area contributed by atoms with Crippen LogP contribution >= 0.6 is 0 Å². The van der Waals surface area contributed by atoms with Crippen molar-refractivity contribution in [2.45, 2.75) is 13.3 Å². The van der Waals surface area contributed by atoms with E-state index in [4.69, 9.17) is 5.73 Å². The van der Waals surface area contributed by atoms with Crippen molar-refractivity contribution in [2.75, 3.05) is 36.8 Å². The first kappa shape index (κ1) is 19.1. The van der Waals surface area contributed by atoms with Crippen molar-refractivity contribution in [3.8, 4) is 11.1 Å². The van der Waals surface area contributed by atoms with Crippen molar-refractivity contribution >= 4 is 17.3 Å². The molecule has 4 rings (SSSR count). The van der Waals surface area contributed by atoms with Gasteiger partial charge in [-0.2, -0.15) is 0 Å². The summed E-state index contributed by atoms with van der Waals surface area (Å²) in [5.41, 5.74) is 10.1. The van der Waals surface area contributed by atoms with Gasteiger partial charge >= 0.3 is 0 Å². The van der Waals surface area contributed by atoms with E-state index >= 15 is 0 Å². The smallest absolute Gasteiger partial charge is 0.213 e. The molecule has 1 aliphatic heterocycles. The van der Waals surface area contributed by atoms with E-state index in [1.165, 1.54) is 0 Å². The van der Waals surface area contributed by atoms with Gasteiger partial charge in [0.1, 0.15) is 11.5 Å². The number of aromatic nitrogens is 2. The summed E-state index contributed by atoms with van der Waals surface area (Å²) in [7, 11) is 0. The van der Waals surface area contributed by atoms with Gasteiger partial charge in [0.15, 0.2) is 0 Å². The molecule has 156 valence electrons. The number of nitrogens with one attached hydrogen (secondary N) is 1. The van der Waals surface area contributed by atoms with Gasteiger partial charge in [-0.1, -0.05) is 18.2 Å². The van der Waals surface area contributed by atoms with E-state index in [0.29, 0.717) is 22.6 Å². The van der Waals surface area contributed by atoms with Crippen molar-refractivity contribution in [2.24, 2.45) is 0 Å². The summed E-state index contributed by atoms with van der Waals surface area (Å²) in [4.78, 5) is 24.6. The second-order valence-electron chi connectivity index (χ2n) is 7.28. The zero-order valence-electron chi connectivity index (χ0n) is 16.6. The number of benzene rings is 1. The highest BCUT2D eigenvalue weighted by Gasteiger charge is 2.18. The fraction of sp³-hybridized carbons (Fsp3) is 0.261. The summed E-state index contributed by atoms with van der Waals surface area (Å²) in [6.45, 7) is 5.60. The molecule has 0 bridgehead atoms. The first-order chi connectivity index (χ1) is 14.1. The van der Waals surface area contributed by atoms with Crippen LogP contribution in [0.2, 0.25) is 0 Å². The number of nitrogens with zero attached hydrogens (tertiary/aromatic N) is 3. The molecule has 6 heteroatoms. The van der Waals surface area contributed by atoms with E-state index in [1.807, 2.05) is 49.4 Å². The number of ketones is 1. The Labute approximate surface area is 176 Å². The predicted octanol–water partition coefficient (Wildman–Crippen LogP) is 4.05. The van der Waals surface area contributed by atoms with Crippen LogP contribution < -0.4 is 16.0 Å². The molecule has 2 aromatic heterocycles. The third kappa shape index (κ3) is 4.27. The molecule has 0 radical (unpaired) electrons. The highest BCUT2D eigenvalue weighted by Crippen LogP contribution is 2.24. The molecule has 0 spiro atoms. The summed E-state index contributed by atoms with van der Waals surface area (Å²) in [5, 5.41) is 3.39. The first-order valence-electron chi connectivity index (χ1n) is 9.92. The summed E-state index contributed by atoms with van der Waals surface area (Å²) < 4.78 is 0. The average molecular weight is 396 g/mol. The predicted molar refractivity (Wildman–Crippen MR) is 125 cm³/mol. The van der Waals surface area contributed by atoms with Gasteiger partial charge in [0.25, 0.3) is 0 Å². The first-order valence-corrected chi connectivity index (χ1v) is 9.92. The molecule has 3 N–H and O–H groups in total. The molecule has 1 aliphatic rings. The molecule has 1 fully saturated rings. The molecule has 6 nitrogen and oxygen atoms in total. The third-order valence-electron chi connectivity index (χ3n) is 5.18. The third-order valence-corrected chi connectivity index (χ3v) is 5.18. The van der Waals surface area contributed by atoms with Crippen molar-refractivity contribution in [1.29, 1.82) is 0 Å². The molecule has 0 amide bonds. The summed E-state index contributed by atoms with van der Waals surface area (Å²) in [5.74, 6) is 0.729. The van der Waals surface area contributed by atoms with E-state index in [0.717, 1.165) is 49.5 Å². The zero-order chi connectivity index (χ0) is 20.2. The number of rotatable bonds is 4. The minimum atomic E-state index is -0.115. The monoisotopic (exact) mass is 395 g/mol. The van der Waals surface area contributed by atoms with E-state index < -0.39 is 0 Å². The Balaban J connectivity index is 0.00000256. The van der Waals surface area contributed by atoms with Crippen LogP contribution in [0.3, 0.4) is 0 Å². The lowest BCUT2D eigenvalue weighted by atomic mass is 10.0. The number of aryl methyl sites for hydroxylation is 1. The Kier molecular flexibility index (Phi) is 5.53. The molecule has 0 saturated carbocycles. The molecule has 1 aromatic carbocycles. The van der Waals surface area contributed by atoms with Crippen LogP contribution in [0.1, 0.15) is 33.9 Å². The standard InChI is InChI=1S/C23H25N5O.4H2/c1-16-20(14-18(15-26-16)17-5-2-6-19(24)13-17)23(29)21-7-3-8-22(27-21)28-11-4-9-25-10-12-28;;;;/h2-3,5-8,13-15,25H,4,9-12,24H2,1H3;4*1H. The number of nitrogen functional groups attached to an aromatic ring is 1. The van der Waals surface area contributed by atoms with Gasteiger partial charge in [-0.25, -0.2) is 4.98 Å². The van der Waals surface area contributed by atoms with Crippen molar-refractivity contribution in [3.05, 3.63) is 71.7 Å². The van der Waals surface area contributed by atoms with Gasteiger partial charge in [0.2, 0.25) is 5.78 Å². The maximum absolute atomic E-state index is 13.3. The number of hydrogen-bond acceptors (Lipinski definition) is 6. The Bertz CT molecular complexity index is 1040. The lowest BCUT2D eigenvalue weighted by Gasteiger charge is -2.21. The number of pyridine rings is 2. The van der Waals surface area contributed by atoms with Crippen LogP contribution in [0, 0.1) is 6.92 Å². The summed E-state index contributed by atoms with van der Waals surface area (Å²) in [6, 6.07) is 15.1. The number of carbonyl (C=O) groups excluding carboxylic acids is 1. The van der Waals surface area contributed by atoms with E-state index in [2.05, 4.69) is 20.2 Å². The maximum atomic E-state index is 13.3. The van der Waals surface area contributed by atoms with Crippen LogP contribution in [0.25, 0.3) is 11.1 Å². The Hall–Kier alpha value is -3.25. The van der Waals surface area contributed by atoms with Gasteiger partial charge in [0, 0.05) is 54.0 Å². The van der Waals surface area contributed by atoms with Gasteiger partial charge < -0.3 is 16.0 Å². The zero-order valence-corrected chi connectivity index (χ0v) is 16.6. The normalized spacial score (nSPS) is 14.4. The van der Waals surface area contributed by atoms with Gasteiger partial charge in [0.05, 0.1) is 0 Å². The molecular formula is C23H33N5O. The fourth-order valence-corrected chi connectivity index (χ4v) is 3.58. The quantitative estimate of drug-likeness (QED) is 0.512. The molecule has 0 atom stereocenters. The van der Waals surface area contributed by atoms with Gasteiger partial charge in [-0.3, -0.25) is 9.78 Å². The van der Waals surface area contributed by atoms with Crippen LogP contribution in [-0.2, 0) is 0 Å². The van der Waals surface area contributed by atoms with E-state index in [-0.39, 0.29) is 11.5 Å². The lowest BCUT2D eigenvalue weighted by molar-refractivity contribution is 0.103.